The van der Waals surface area contributed by atoms with Crippen LogP contribution in [0.3, 0.4) is 0 Å². The molecular formula is C24H28N4O4. The average Bonchev–Trinajstić information content (AvgIpc) is 3.48. The van der Waals surface area contributed by atoms with Crippen LogP contribution in [0.5, 0.6) is 11.5 Å². The normalized spacial score (nSPS) is 15.5. The van der Waals surface area contributed by atoms with Gasteiger partial charge in [0.05, 0.1) is 31.7 Å². The highest BCUT2D eigenvalue weighted by Gasteiger charge is 2.27. The summed E-state index contributed by atoms with van der Waals surface area (Å²) in [6.45, 7) is 3.52. The number of hydrogen-bond donors (Lipinski definition) is 0. The van der Waals surface area contributed by atoms with Gasteiger partial charge in [-0.3, -0.25) is 4.79 Å². The molecule has 1 amide bonds. The molecule has 1 aliphatic heterocycles. The molecule has 1 saturated heterocycles. The van der Waals surface area contributed by atoms with E-state index in [-0.39, 0.29) is 12.0 Å². The minimum Gasteiger partial charge on any atom is -0.497 e. The monoisotopic (exact) mass is 436 g/mol. The van der Waals surface area contributed by atoms with Gasteiger partial charge in [-0.15, -0.1) is 5.10 Å². The largest absolute Gasteiger partial charge is 0.497 e. The van der Waals surface area contributed by atoms with E-state index in [4.69, 9.17) is 14.2 Å². The van der Waals surface area contributed by atoms with E-state index in [1.165, 1.54) is 0 Å². The Labute approximate surface area is 187 Å². The van der Waals surface area contributed by atoms with Crippen molar-refractivity contribution < 1.29 is 19.0 Å². The Balaban J connectivity index is 1.62. The molecule has 0 saturated carbocycles. The van der Waals surface area contributed by atoms with Crippen molar-refractivity contribution in [2.45, 2.75) is 32.4 Å². The Bertz CT molecular complexity index is 1080. The molecule has 0 radical (unpaired) electrons. The zero-order chi connectivity index (χ0) is 22.5. The summed E-state index contributed by atoms with van der Waals surface area (Å²) >= 11 is 0. The van der Waals surface area contributed by atoms with Gasteiger partial charge >= 0.3 is 0 Å². The van der Waals surface area contributed by atoms with Gasteiger partial charge in [0.1, 0.15) is 11.5 Å². The summed E-state index contributed by atoms with van der Waals surface area (Å²) in [5, 5.41) is 8.48. The van der Waals surface area contributed by atoms with Gasteiger partial charge in [0.15, 0.2) is 5.69 Å². The third-order valence-corrected chi connectivity index (χ3v) is 5.64. The fourth-order valence-corrected chi connectivity index (χ4v) is 3.91. The van der Waals surface area contributed by atoms with Crippen LogP contribution in [0.4, 0.5) is 0 Å². The first-order valence-electron chi connectivity index (χ1n) is 10.7. The number of carbonyl (C=O) groups excluding carboxylic acids is 1. The predicted octanol–water partition coefficient (Wildman–Crippen LogP) is 3.41. The number of carbonyl (C=O) groups is 1. The SMILES string of the molecule is COc1cccc(CN(CC2CCCO2)C(=O)c2nnn(-c3cccc(OC)c3)c2C)c1. The first-order valence-corrected chi connectivity index (χ1v) is 10.7. The maximum atomic E-state index is 13.6. The molecule has 8 nitrogen and oxygen atoms in total. The number of amides is 1. The van der Waals surface area contributed by atoms with Gasteiger partial charge in [0, 0.05) is 25.8 Å². The maximum Gasteiger partial charge on any atom is 0.276 e. The second kappa shape index (κ2) is 9.82. The van der Waals surface area contributed by atoms with Crippen molar-refractivity contribution in [3.63, 3.8) is 0 Å². The van der Waals surface area contributed by atoms with Gasteiger partial charge in [-0.2, -0.15) is 0 Å². The zero-order valence-electron chi connectivity index (χ0n) is 18.7. The Kier molecular flexibility index (Phi) is 6.70. The van der Waals surface area contributed by atoms with Crippen LogP contribution in [-0.2, 0) is 11.3 Å². The number of nitrogens with zero attached hydrogens (tertiary/aromatic N) is 4. The van der Waals surface area contributed by atoms with Crippen LogP contribution in [0.15, 0.2) is 48.5 Å². The van der Waals surface area contributed by atoms with Crippen LogP contribution in [0, 0.1) is 6.92 Å². The summed E-state index contributed by atoms with van der Waals surface area (Å²) in [5.74, 6) is 1.30. The van der Waals surface area contributed by atoms with Crippen molar-refractivity contribution >= 4 is 5.91 Å². The summed E-state index contributed by atoms with van der Waals surface area (Å²) < 4.78 is 18.1. The van der Waals surface area contributed by atoms with Crippen molar-refractivity contribution in [1.82, 2.24) is 19.9 Å². The van der Waals surface area contributed by atoms with E-state index >= 15 is 0 Å². The van der Waals surface area contributed by atoms with E-state index in [9.17, 15) is 4.79 Å². The lowest BCUT2D eigenvalue weighted by Crippen LogP contribution is -2.37. The molecule has 8 heteroatoms. The lowest BCUT2D eigenvalue weighted by atomic mass is 10.1. The number of hydrogen-bond acceptors (Lipinski definition) is 6. The van der Waals surface area contributed by atoms with Gasteiger partial charge in [-0.25, -0.2) is 4.68 Å². The quantitative estimate of drug-likeness (QED) is 0.538. The van der Waals surface area contributed by atoms with Crippen molar-refractivity contribution in [3.8, 4) is 17.2 Å². The summed E-state index contributed by atoms with van der Waals surface area (Å²) in [6.07, 6.45) is 1.98. The van der Waals surface area contributed by atoms with E-state index in [1.54, 1.807) is 23.8 Å². The summed E-state index contributed by atoms with van der Waals surface area (Å²) in [4.78, 5) is 15.4. The molecule has 0 N–H and O–H groups in total. The molecule has 1 unspecified atom stereocenters. The molecule has 0 aliphatic carbocycles. The van der Waals surface area contributed by atoms with E-state index in [1.807, 2.05) is 55.5 Å². The lowest BCUT2D eigenvalue weighted by Gasteiger charge is -2.25. The standard InChI is InChI=1S/C24H28N4O4/c1-17-23(25-26-28(17)19-8-5-10-21(14-19)31-3)24(29)27(16-22-11-6-12-32-22)15-18-7-4-9-20(13-18)30-2/h4-5,7-10,13-14,22H,6,11-12,15-16H2,1-3H3. The topological polar surface area (TPSA) is 78.7 Å². The molecule has 4 rings (SSSR count). The number of ether oxygens (including phenoxy) is 3. The Morgan fingerprint density at radius 1 is 1.16 bits per heavy atom. The highest BCUT2D eigenvalue weighted by atomic mass is 16.5. The molecule has 32 heavy (non-hydrogen) atoms. The average molecular weight is 437 g/mol. The van der Waals surface area contributed by atoms with E-state index in [0.29, 0.717) is 30.2 Å². The Morgan fingerprint density at radius 3 is 2.62 bits per heavy atom. The predicted molar refractivity (Wildman–Crippen MR) is 119 cm³/mol. The molecule has 0 bridgehead atoms. The fourth-order valence-electron chi connectivity index (χ4n) is 3.91. The van der Waals surface area contributed by atoms with Crippen LogP contribution in [0.2, 0.25) is 0 Å². The Morgan fingerprint density at radius 2 is 1.91 bits per heavy atom. The van der Waals surface area contributed by atoms with Gasteiger partial charge < -0.3 is 19.1 Å². The zero-order valence-corrected chi connectivity index (χ0v) is 18.7. The highest BCUT2D eigenvalue weighted by molar-refractivity contribution is 5.93. The first kappa shape index (κ1) is 21.8. The van der Waals surface area contributed by atoms with Crippen molar-refractivity contribution in [3.05, 3.63) is 65.5 Å². The van der Waals surface area contributed by atoms with E-state index in [2.05, 4.69) is 10.3 Å². The third kappa shape index (κ3) is 4.75. The molecule has 3 aromatic rings. The van der Waals surface area contributed by atoms with Crippen LogP contribution in [0.1, 0.15) is 34.6 Å². The fraction of sp³-hybridized carbons (Fsp3) is 0.375. The van der Waals surface area contributed by atoms with Gasteiger partial charge in [0.25, 0.3) is 5.91 Å². The van der Waals surface area contributed by atoms with Crippen molar-refractivity contribution in [1.29, 1.82) is 0 Å². The summed E-state index contributed by atoms with van der Waals surface area (Å²) in [7, 11) is 3.25. The first-order chi connectivity index (χ1) is 15.6. The van der Waals surface area contributed by atoms with Crippen LogP contribution in [0.25, 0.3) is 5.69 Å². The van der Waals surface area contributed by atoms with Gasteiger partial charge in [-0.1, -0.05) is 23.4 Å². The van der Waals surface area contributed by atoms with Crippen molar-refractivity contribution in [2.24, 2.45) is 0 Å². The number of methoxy groups -OCH3 is 2. The van der Waals surface area contributed by atoms with Crippen molar-refractivity contribution in [2.75, 3.05) is 27.4 Å². The van der Waals surface area contributed by atoms with Crippen LogP contribution < -0.4 is 9.47 Å². The third-order valence-electron chi connectivity index (χ3n) is 5.64. The smallest absolute Gasteiger partial charge is 0.276 e. The number of benzene rings is 2. The van der Waals surface area contributed by atoms with Crippen LogP contribution >= 0.6 is 0 Å². The summed E-state index contributed by atoms with van der Waals surface area (Å²) in [6, 6.07) is 15.2. The minimum absolute atomic E-state index is 0.0262. The molecule has 1 atom stereocenters. The molecule has 168 valence electrons. The summed E-state index contributed by atoms with van der Waals surface area (Å²) in [5.41, 5.74) is 2.76. The highest BCUT2D eigenvalue weighted by Crippen LogP contribution is 2.22. The molecule has 2 aromatic carbocycles. The second-order valence-electron chi connectivity index (χ2n) is 7.81. The molecule has 1 aromatic heterocycles. The van der Waals surface area contributed by atoms with E-state index < -0.39 is 0 Å². The second-order valence-corrected chi connectivity index (χ2v) is 7.81. The number of rotatable bonds is 8. The lowest BCUT2D eigenvalue weighted by molar-refractivity contribution is 0.0502. The van der Waals surface area contributed by atoms with Crippen LogP contribution in [-0.4, -0.2) is 59.3 Å². The molecule has 1 aliphatic rings. The van der Waals surface area contributed by atoms with Gasteiger partial charge in [-0.05, 0) is 49.6 Å². The van der Waals surface area contributed by atoms with E-state index in [0.717, 1.165) is 36.4 Å². The molecule has 0 spiro atoms. The maximum absolute atomic E-state index is 13.6. The van der Waals surface area contributed by atoms with Gasteiger partial charge in [0.2, 0.25) is 0 Å². The molecule has 2 heterocycles. The number of aromatic nitrogens is 3. The molecule has 1 fully saturated rings. The Hall–Kier alpha value is -3.39. The molecular weight excluding hydrogens is 408 g/mol. The minimum atomic E-state index is -0.171.